The zero-order chi connectivity index (χ0) is 21.6. The van der Waals surface area contributed by atoms with E-state index >= 15 is 0 Å². The normalized spacial score (nSPS) is 25.9. The molecule has 5 atom stereocenters. The molecule has 0 heterocycles. The number of carbonyl (C=O) groups is 1. The van der Waals surface area contributed by atoms with Gasteiger partial charge in [-0.15, -0.1) is 0 Å². The van der Waals surface area contributed by atoms with Gasteiger partial charge in [0.25, 0.3) is 0 Å². The monoisotopic (exact) mass is 409 g/mol. The summed E-state index contributed by atoms with van der Waals surface area (Å²) in [6, 6.07) is 0. The molecule has 1 rings (SSSR count). The zero-order valence-electron chi connectivity index (χ0n) is 18.7. The first-order valence-corrected chi connectivity index (χ1v) is 11.6. The lowest BCUT2D eigenvalue weighted by atomic mass is 9.89. The van der Waals surface area contributed by atoms with E-state index in [-0.39, 0.29) is 17.7 Å². The van der Waals surface area contributed by atoms with Gasteiger partial charge in [0.1, 0.15) is 0 Å². The fourth-order valence-electron chi connectivity index (χ4n) is 4.14. The molecule has 0 radical (unpaired) electrons. The van der Waals surface area contributed by atoms with Gasteiger partial charge in [-0.3, -0.25) is 4.79 Å². The third-order valence-corrected chi connectivity index (χ3v) is 6.03. The topological polar surface area (TPSA) is 81.0 Å². The van der Waals surface area contributed by atoms with Crippen LogP contribution in [-0.2, 0) is 4.79 Å². The van der Waals surface area contributed by atoms with Crippen molar-refractivity contribution in [2.45, 2.75) is 96.9 Å². The second-order valence-corrected chi connectivity index (χ2v) is 8.22. The van der Waals surface area contributed by atoms with E-state index in [1.807, 2.05) is 24.8 Å². The van der Waals surface area contributed by atoms with Crippen molar-refractivity contribution in [1.82, 2.24) is 4.90 Å². The summed E-state index contributed by atoms with van der Waals surface area (Å²) in [5, 5.41) is 30.7. The Balaban J connectivity index is 2.43. The Labute approximate surface area is 177 Å². The summed E-state index contributed by atoms with van der Waals surface area (Å²) < 4.78 is 0. The molecule has 0 spiro atoms. The van der Waals surface area contributed by atoms with E-state index < -0.39 is 18.3 Å². The molecular formula is C24H43NO4. The van der Waals surface area contributed by atoms with Crippen molar-refractivity contribution < 1.29 is 20.1 Å². The van der Waals surface area contributed by atoms with Crippen LogP contribution >= 0.6 is 0 Å². The van der Waals surface area contributed by atoms with Crippen LogP contribution in [0.3, 0.4) is 0 Å². The second-order valence-electron chi connectivity index (χ2n) is 8.22. The van der Waals surface area contributed by atoms with E-state index in [1.54, 1.807) is 6.08 Å². The average Bonchev–Trinajstić information content (AvgIpc) is 2.96. The van der Waals surface area contributed by atoms with E-state index in [9.17, 15) is 20.1 Å². The molecule has 5 heteroatoms. The number of allylic oxidation sites excluding steroid dienone is 2. The number of aliphatic hydroxyl groups is 3. The lowest BCUT2D eigenvalue weighted by Crippen LogP contribution is -2.30. The minimum atomic E-state index is -0.561. The van der Waals surface area contributed by atoms with Gasteiger partial charge in [-0.1, -0.05) is 50.5 Å². The highest BCUT2D eigenvalue weighted by Gasteiger charge is 2.39. The summed E-state index contributed by atoms with van der Waals surface area (Å²) >= 11 is 0. The third kappa shape index (κ3) is 9.45. The third-order valence-electron chi connectivity index (χ3n) is 6.03. The van der Waals surface area contributed by atoms with Gasteiger partial charge in [-0.05, 0) is 45.4 Å². The van der Waals surface area contributed by atoms with Gasteiger partial charge >= 0.3 is 0 Å². The Morgan fingerprint density at radius 3 is 2.45 bits per heavy atom. The van der Waals surface area contributed by atoms with Crippen molar-refractivity contribution in [3.8, 4) is 0 Å². The Hall–Kier alpha value is -1.17. The summed E-state index contributed by atoms with van der Waals surface area (Å²) in [6.07, 6.45) is 13.6. The molecule has 1 aliphatic carbocycles. The number of rotatable bonds is 14. The number of hydrogen-bond donors (Lipinski definition) is 3. The molecule has 0 saturated heterocycles. The number of aliphatic hydroxyl groups excluding tert-OH is 3. The summed E-state index contributed by atoms with van der Waals surface area (Å²) in [5.74, 6) is 0.0535. The molecule has 1 amide bonds. The van der Waals surface area contributed by atoms with Gasteiger partial charge in [0.2, 0.25) is 5.91 Å². The fraction of sp³-hybridized carbons (Fsp3) is 0.792. The van der Waals surface area contributed by atoms with E-state index in [4.69, 9.17) is 0 Å². The highest BCUT2D eigenvalue weighted by Crippen LogP contribution is 2.36. The van der Waals surface area contributed by atoms with Gasteiger partial charge in [0.15, 0.2) is 0 Å². The SMILES string of the molecule is CCCCCC(O)C=CC1C(O)CC(O)C1CC=CCCCC(=O)N(CC)CC. The van der Waals surface area contributed by atoms with Crippen LogP contribution < -0.4 is 0 Å². The van der Waals surface area contributed by atoms with Crippen LogP contribution in [0.15, 0.2) is 24.3 Å². The van der Waals surface area contributed by atoms with Crippen molar-refractivity contribution in [2.24, 2.45) is 11.8 Å². The van der Waals surface area contributed by atoms with Crippen LogP contribution in [0.5, 0.6) is 0 Å². The van der Waals surface area contributed by atoms with Crippen molar-refractivity contribution in [3.63, 3.8) is 0 Å². The molecule has 3 N–H and O–H groups in total. The number of nitrogens with zero attached hydrogens (tertiary/aromatic N) is 1. The summed E-state index contributed by atoms with van der Waals surface area (Å²) in [7, 11) is 0. The number of hydrogen-bond acceptors (Lipinski definition) is 4. The molecule has 1 fully saturated rings. The standard InChI is InChI=1S/C24H43NO4/c1-4-7-10-13-19(26)16-17-21-20(22(27)18-23(21)28)14-11-8-9-12-15-24(29)25(5-2)6-3/h8,11,16-17,19-23,26-28H,4-7,9-10,12-15,18H2,1-3H3. The maximum atomic E-state index is 12.0. The molecular weight excluding hydrogens is 366 g/mol. The molecule has 5 unspecified atom stereocenters. The fourth-order valence-corrected chi connectivity index (χ4v) is 4.14. The lowest BCUT2D eigenvalue weighted by molar-refractivity contribution is -0.130. The Bertz CT molecular complexity index is 501. The maximum Gasteiger partial charge on any atom is 0.222 e. The van der Waals surface area contributed by atoms with Crippen LogP contribution in [0.4, 0.5) is 0 Å². The first-order valence-electron chi connectivity index (χ1n) is 11.6. The smallest absolute Gasteiger partial charge is 0.222 e. The first kappa shape index (κ1) is 25.9. The summed E-state index contributed by atoms with van der Waals surface area (Å²) in [5.41, 5.74) is 0. The highest BCUT2D eigenvalue weighted by atomic mass is 16.3. The van der Waals surface area contributed by atoms with Crippen molar-refractivity contribution in [3.05, 3.63) is 24.3 Å². The summed E-state index contributed by atoms with van der Waals surface area (Å²) in [6.45, 7) is 7.65. The largest absolute Gasteiger partial charge is 0.393 e. The minimum absolute atomic E-state index is 0.0300. The minimum Gasteiger partial charge on any atom is -0.393 e. The molecule has 0 aromatic carbocycles. The molecule has 0 bridgehead atoms. The van der Waals surface area contributed by atoms with Gasteiger partial charge in [-0.2, -0.15) is 0 Å². The molecule has 0 aromatic heterocycles. The first-order chi connectivity index (χ1) is 13.9. The molecule has 1 aliphatic rings. The molecule has 1 saturated carbocycles. The lowest BCUT2D eigenvalue weighted by Gasteiger charge is -2.19. The zero-order valence-corrected chi connectivity index (χ0v) is 18.7. The van der Waals surface area contributed by atoms with Crippen LogP contribution in [-0.4, -0.2) is 57.5 Å². The molecule has 0 aliphatic heterocycles. The highest BCUT2D eigenvalue weighted by molar-refractivity contribution is 5.76. The van der Waals surface area contributed by atoms with E-state index in [0.717, 1.165) is 51.6 Å². The van der Waals surface area contributed by atoms with E-state index in [2.05, 4.69) is 19.1 Å². The molecule has 5 nitrogen and oxygen atoms in total. The van der Waals surface area contributed by atoms with Gasteiger partial charge in [0, 0.05) is 31.8 Å². The van der Waals surface area contributed by atoms with Crippen LogP contribution in [0.2, 0.25) is 0 Å². The predicted octanol–water partition coefficient (Wildman–Crippen LogP) is 3.83. The number of carbonyl (C=O) groups excluding carboxylic acids is 1. The van der Waals surface area contributed by atoms with Crippen molar-refractivity contribution >= 4 is 5.91 Å². The Morgan fingerprint density at radius 2 is 1.79 bits per heavy atom. The molecule has 0 aromatic rings. The second kappa shape index (κ2) is 14.8. The number of unbranched alkanes of at least 4 members (excludes halogenated alkanes) is 3. The van der Waals surface area contributed by atoms with Crippen LogP contribution in [0, 0.1) is 11.8 Å². The van der Waals surface area contributed by atoms with E-state index in [1.165, 1.54) is 0 Å². The van der Waals surface area contributed by atoms with Gasteiger partial charge in [-0.25, -0.2) is 0 Å². The maximum absolute atomic E-state index is 12.0. The quantitative estimate of drug-likeness (QED) is 0.301. The Morgan fingerprint density at radius 1 is 1.07 bits per heavy atom. The predicted molar refractivity (Wildman–Crippen MR) is 118 cm³/mol. The Kier molecular flexibility index (Phi) is 13.2. The average molecular weight is 410 g/mol. The van der Waals surface area contributed by atoms with Crippen LogP contribution in [0.25, 0.3) is 0 Å². The van der Waals surface area contributed by atoms with Gasteiger partial charge in [0.05, 0.1) is 18.3 Å². The van der Waals surface area contributed by atoms with Crippen LogP contribution in [0.1, 0.15) is 78.6 Å². The molecule has 29 heavy (non-hydrogen) atoms. The van der Waals surface area contributed by atoms with Crippen molar-refractivity contribution in [2.75, 3.05) is 13.1 Å². The summed E-state index contributed by atoms with van der Waals surface area (Å²) in [4.78, 5) is 13.8. The number of amides is 1. The molecule has 168 valence electrons. The van der Waals surface area contributed by atoms with Gasteiger partial charge < -0.3 is 20.2 Å². The van der Waals surface area contributed by atoms with Crippen molar-refractivity contribution in [1.29, 1.82) is 0 Å². The van der Waals surface area contributed by atoms with E-state index in [0.29, 0.717) is 19.3 Å².